The van der Waals surface area contributed by atoms with Crippen LogP contribution in [0.25, 0.3) is 0 Å². The summed E-state index contributed by atoms with van der Waals surface area (Å²) in [7, 11) is 4.75. The molecule has 0 aliphatic carbocycles. The number of benzene rings is 2. The lowest BCUT2D eigenvalue weighted by Gasteiger charge is -2.37. The minimum absolute atomic E-state index is 0.109. The van der Waals surface area contributed by atoms with Gasteiger partial charge in [-0.1, -0.05) is 23.7 Å². The van der Waals surface area contributed by atoms with E-state index in [0.717, 1.165) is 16.7 Å². The van der Waals surface area contributed by atoms with E-state index in [-0.39, 0.29) is 24.3 Å². The third kappa shape index (κ3) is 4.75. The summed E-state index contributed by atoms with van der Waals surface area (Å²) in [6, 6.07) is 14.3. The minimum atomic E-state index is -0.612. The number of likely N-dealkylation sites (N-methyl/N-ethyl adjacent to an activating group) is 1. The summed E-state index contributed by atoms with van der Waals surface area (Å²) >= 11 is 6.09. The average molecular weight is 482 g/mol. The Morgan fingerprint density at radius 3 is 2.26 bits per heavy atom. The molecule has 0 saturated heterocycles. The van der Waals surface area contributed by atoms with Crippen molar-refractivity contribution in [1.29, 1.82) is 0 Å². The van der Waals surface area contributed by atoms with Crippen LogP contribution in [0.2, 0.25) is 5.02 Å². The van der Waals surface area contributed by atoms with Gasteiger partial charge in [-0.15, -0.1) is 0 Å². The largest absolute Gasteiger partial charge is 0.493 e. The van der Waals surface area contributed by atoms with Gasteiger partial charge in [-0.05, 0) is 53.1 Å². The summed E-state index contributed by atoms with van der Waals surface area (Å²) in [5.74, 6) is 0.894. The van der Waals surface area contributed by atoms with Crippen LogP contribution in [0.5, 0.6) is 11.5 Å². The summed E-state index contributed by atoms with van der Waals surface area (Å²) in [4.78, 5) is 28.2. The molecule has 0 fully saturated rings. The van der Waals surface area contributed by atoms with Gasteiger partial charge in [-0.2, -0.15) is 0 Å². The number of aromatic nitrogens is 1. The smallest absolute Gasteiger partial charge is 0.242 e. The number of fused-ring (bicyclic) bond motifs is 1. The Bertz CT molecular complexity index is 1160. The zero-order valence-corrected chi connectivity index (χ0v) is 20.2. The maximum atomic E-state index is 13.7. The molecule has 1 aliphatic rings. The lowest BCUT2D eigenvalue weighted by molar-refractivity contribution is -0.142. The van der Waals surface area contributed by atoms with E-state index >= 15 is 0 Å². The molecule has 2 aromatic carbocycles. The fraction of sp³-hybridized carbons (Fsp3) is 0.308. The number of carbonyl (C=O) groups excluding carboxylic acids is 2. The number of halogens is 1. The van der Waals surface area contributed by atoms with Crippen molar-refractivity contribution < 1.29 is 19.1 Å². The molecule has 1 aliphatic heterocycles. The number of hydrogen-bond acceptors (Lipinski definition) is 4. The van der Waals surface area contributed by atoms with Gasteiger partial charge in [0.15, 0.2) is 11.5 Å². The molecule has 1 N–H and O–H groups in total. The highest BCUT2D eigenvalue weighted by Crippen LogP contribution is 2.35. The number of methoxy groups -OCH3 is 2. The lowest BCUT2D eigenvalue weighted by Crippen LogP contribution is -2.52. The van der Waals surface area contributed by atoms with Crippen LogP contribution in [0.15, 0.2) is 60.9 Å². The molecule has 2 heterocycles. The second-order valence-electron chi connectivity index (χ2n) is 8.23. The van der Waals surface area contributed by atoms with Gasteiger partial charge in [0.05, 0.1) is 26.7 Å². The van der Waals surface area contributed by atoms with Crippen LogP contribution < -0.4 is 14.8 Å². The molecule has 2 amide bonds. The minimum Gasteiger partial charge on any atom is -0.493 e. The van der Waals surface area contributed by atoms with Crippen molar-refractivity contribution in [2.75, 3.05) is 21.3 Å². The third-order valence-electron chi connectivity index (χ3n) is 6.32. The second-order valence-corrected chi connectivity index (χ2v) is 8.67. The van der Waals surface area contributed by atoms with Crippen LogP contribution in [-0.4, -0.2) is 48.6 Å². The van der Waals surface area contributed by atoms with E-state index < -0.39 is 6.04 Å². The molecule has 0 saturated carbocycles. The van der Waals surface area contributed by atoms with Crippen molar-refractivity contribution in [2.45, 2.75) is 31.5 Å². The van der Waals surface area contributed by atoms with Gasteiger partial charge < -0.3 is 24.3 Å². The topological polar surface area (TPSA) is 72.8 Å². The molecule has 4 rings (SSSR count). The van der Waals surface area contributed by atoms with Gasteiger partial charge in [0.25, 0.3) is 0 Å². The Morgan fingerprint density at radius 1 is 1.06 bits per heavy atom. The van der Waals surface area contributed by atoms with Crippen LogP contribution in [0.3, 0.4) is 0 Å². The molecule has 3 aromatic rings. The summed E-state index contributed by atoms with van der Waals surface area (Å²) in [5.41, 5.74) is 2.87. The van der Waals surface area contributed by atoms with Gasteiger partial charge in [0, 0.05) is 37.4 Å². The van der Waals surface area contributed by atoms with Crippen LogP contribution >= 0.6 is 11.6 Å². The molecule has 0 spiro atoms. The van der Waals surface area contributed by atoms with Crippen LogP contribution in [-0.2, 0) is 22.6 Å². The Morgan fingerprint density at radius 2 is 1.68 bits per heavy atom. The number of rotatable bonds is 7. The maximum Gasteiger partial charge on any atom is 0.242 e. The zero-order chi connectivity index (χ0) is 24.2. The Kier molecular flexibility index (Phi) is 7.12. The molecule has 2 atom stereocenters. The molecule has 8 heteroatoms. The zero-order valence-electron chi connectivity index (χ0n) is 19.5. The predicted octanol–water partition coefficient (Wildman–Crippen LogP) is 3.84. The van der Waals surface area contributed by atoms with E-state index in [1.54, 1.807) is 26.2 Å². The predicted molar refractivity (Wildman–Crippen MR) is 130 cm³/mol. The average Bonchev–Trinajstić information content (AvgIpc) is 3.40. The molecular weight excluding hydrogens is 454 g/mol. The number of amides is 2. The molecule has 178 valence electrons. The number of hydrogen-bond donors (Lipinski definition) is 1. The molecule has 0 unspecified atom stereocenters. The summed E-state index contributed by atoms with van der Waals surface area (Å²) in [6.45, 7) is 0.311. The van der Waals surface area contributed by atoms with Crippen molar-refractivity contribution in [2.24, 2.45) is 0 Å². The van der Waals surface area contributed by atoms with E-state index in [9.17, 15) is 9.59 Å². The highest BCUT2D eigenvalue weighted by atomic mass is 35.5. The molecular formula is C26H28ClN3O4. The van der Waals surface area contributed by atoms with E-state index in [0.29, 0.717) is 29.5 Å². The number of ether oxygens (including phenoxy) is 2. The van der Waals surface area contributed by atoms with Gasteiger partial charge in [0.2, 0.25) is 11.8 Å². The first-order valence-electron chi connectivity index (χ1n) is 11.1. The standard InChI is InChI=1S/C26H28ClN3O4/c1-28-26(32)22-12-18-13-23(33-2)24(34-3)14-19(18)16-30(22)25(31)15-21(29-10-4-5-11-29)17-6-8-20(27)9-7-17/h4-11,13-14,21-22H,12,15-16H2,1-3H3,(H,28,32)/t21-,22-/m0/s1. The Hall–Kier alpha value is -3.45. The summed E-state index contributed by atoms with van der Waals surface area (Å²) in [5, 5.41) is 3.35. The van der Waals surface area contributed by atoms with Crippen molar-refractivity contribution in [1.82, 2.24) is 14.8 Å². The number of nitrogens with one attached hydrogen (secondary N) is 1. The first kappa shape index (κ1) is 23.7. The fourth-order valence-corrected chi connectivity index (χ4v) is 4.62. The maximum absolute atomic E-state index is 13.7. The van der Waals surface area contributed by atoms with E-state index in [1.165, 1.54) is 0 Å². The van der Waals surface area contributed by atoms with Crippen LogP contribution in [0.1, 0.15) is 29.2 Å². The highest BCUT2D eigenvalue weighted by molar-refractivity contribution is 6.30. The number of nitrogens with zero attached hydrogens (tertiary/aromatic N) is 2. The van der Waals surface area contributed by atoms with Crippen molar-refractivity contribution in [3.8, 4) is 11.5 Å². The first-order valence-corrected chi connectivity index (χ1v) is 11.5. The summed E-state index contributed by atoms with van der Waals surface area (Å²) < 4.78 is 12.9. The van der Waals surface area contributed by atoms with Crippen LogP contribution in [0, 0.1) is 0 Å². The molecule has 0 radical (unpaired) electrons. The second kappa shape index (κ2) is 10.2. The lowest BCUT2D eigenvalue weighted by atomic mass is 9.91. The summed E-state index contributed by atoms with van der Waals surface area (Å²) in [6.07, 6.45) is 4.47. The Labute approximate surface area is 204 Å². The highest BCUT2D eigenvalue weighted by Gasteiger charge is 2.36. The number of carbonyl (C=O) groups is 2. The quantitative estimate of drug-likeness (QED) is 0.556. The molecule has 0 bridgehead atoms. The van der Waals surface area contributed by atoms with Gasteiger partial charge in [0.1, 0.15) is 6.04 Å². The van der Waals surface area contributed by atoms with Crippen LogP contribution in [0.4, 0.5) is 0 Å². The van der Waals surface area contributed by atoms with E-state index in [2.05, 4.69) is 5.32 Å². The monoisotopic (exact) mass is 481 g/mol. The van der Waals surface area contributed by atoms with Crippen molar-refractivity contribution in [3.63, 3.8) is 0 Å². The van der Waals surface area contributed by atoms with E-state index in [1.807, 2.05) is 65.5 Å². The Balaban J connectivity index is 1.67. The van der Waals surface area contributed by atoms with Gasteiger partial charge in [-0.25, -0.2) is 0 Å². The molecule has 7 nitrogen and oxygen atoms in total. The van der Waals surface area contributed by atoms with Gasteiger partial charge in [-0.3, -0.25) is 9.59 Å². The van der Waals surface area contributed by atoms with Crippen molar-refractivity contribution >= 4 is 23.4 Å². The fourth-order valence-electron chi connectivity index (χ4n) is 4.49. The van der Waals surface area contributed by atoms with E-state index in [4.69, 9.17) is 21.1 Å². The molecule has 34 heavy (non-hydrogen) atoms. The normalized spacial score (nSPS) is 15.9. The SMILES string of the molecule is CNC(=O)[C@@H]1Cc2cc(OC)c(OC)cc2CN1C(=O)C[C@@H](c1ccc(Cl)cc1)n1cccc1. The van der Waals surface area contributed by atoms with Gasteiger partial charge >= 0.3 is 0 Å². The first-order chi connectivity index (χ1) is 16.4. The third-order valence-corrected chi connectivity index (χ3v) is 6.57. The van der Waals surface area contributed by atoms with Crippen molar-refractivity contribution in [3.05, 3.63) is 82.6 Å². The molecule has 1 aromatic heterocycles.